The van der Waals surface area contributed by atoms with Gasteiger partial charge in [0.15, 0.2) is 5.96 Å². The van der Waals surface area contributed by atoms with Crippen LogP contribution in [-0.4, -0.2) is 48.2 Å². The van der Waals surface area contributed by atoms with Crippen molar-refractivity contribution >= 4 is 29.9 Å². The highest BCUT2D eigenvalue weighted by atomic mass is 127. The summed E-state index contributed by atoms with van der Waals surface area (Å²) in [4.78, 5) is 11.1. The number of hydrogen-bond acceptors (Lipinski definition) is 4. The average molecular weight is 524 g/mol. The van der Waals surface area contributed by atoms with Crippen LogP contribution in [0.15, 0.2) is 47.6 Å². The maximum Gasteiger partial charge on any atom is 0.219 e. The Labute approximate surface area is 192 Å². The second kappa shape index (κ2) is 9.05. The molecule has 8 heteroatoms. The lowest BCUT2D eigenvalue weighted by atomic mass is 9.82. The van der Waals surface area contributed by atoms with Crippen LogP contribution in [0.25, 0.3) is 0 Å². The van der Waals surface area contributed by atoms with Gasteiger partial charge < -0.3 is 19.7 Å². The molecule has 0 aliphatic carbocycles. The monoisotopic (exact) mass is 524 g/mol. The van der Waals surface area contributed by atoms with Crippen molar-refractivity contribution in [1.29, 1.82) is 0 Å². The van der Waals surface area contributed by atoms with Crippen molar-refractivity contribution in [3.63, 3.8) is 0 Å². The SMILES string of the molecule is CN=C(NCc1ccnc(Oc2ccc(F)cc2)c1)N1CC2C3CCC(O3)C2C1.I. The Balaban J connectivity index is 0.00000218. The molecule has 3 aliphatic heterocycles. The molecule has 0 spiro atoms. The predicted octanol–water partition coefficient (Wildman–Crippen LogP) is 3.82. The summed E-state index contributed by atoms with van der Waals surface area (Å²) in [6.07, 6.45) is 5.02. The number of guanidine groups is 1. The average Bonchev–Trinajstić information content (AvgIpc) is 3.44. The minimum absolute atomic E-state index is 0. The molecule has 3 aliphatic rings. The molecule has 5 rings (SSSR count). The van der Waals surface area contributed by atoms with Crippen LogP contribution in [0.1, 0.15) is 18.4 Å². The van der Waals surface area contributed by atoms with Crippen molar-refractivity contribution in [2.24, 2.45) is 16.8 Å². The number of hydrogen-bond donors (Lipinski definition) is 1. The number of halogens is 2. The molecule has 4 heterocycles. The van der Waals surface area contributed by atoms with E-state index in [9.17, 15) is 4.39 Å². The Morgan fingerprint density at radius 1 is 1.20 bits per heavy atom. The van der Waals surface area contributed by atoms with E-state index in [1.807, 2.05) is 19.2 Å². The van der Waals surface area contributed by atoms with Crippen LogP contribution >= 0.6 is 24.0 Å². The van der Waals surface area contributed by atoms with Crippen molar-refractivity contribution in [3.8, 4) is 11.6 Å². The van der Waals surface area contributed by atoms with Gasteiger partial charge in [0.2, 0.25) is 5.88 Å². The third-order valence-corrected chi connectivity index (χ3v) is 6.25. The molecule has 0 amide bonds. The van der Waals surface area contributed by atoms with Gasteiger partial charge in [0, 0.05) is 50.8 Å². The highest BCUT2D eigenvalue weighted by molar-refractivity contribution is 14.0. The fourth-order valence-corrected chi connectivity index (χ4v) is 4.89. The molecule has 4 atom stereocenters. The number of ether oxygens (including phenoxy) is 2. The molecule has 3 saturated heterocycles. The minimum atomic E-state index is -0.291. The highest BCUT2D eigenvalue weighted by Gasteiger charge is 2.53. The third-order valence-electron chi connectivity index (χ3n) is 6.25. The molecule has 2 bridgehead atoms. The maximum absolute atomic E-state index is 13.0. The second-order valence-corrected chi connectivity index (χ2v) is 7.98. The van der Waals surface area contributed by atoms with E-state index in [2.05, 4.69) is 20.2 Å². The zero-order chi connectivity index (χ0) is 19.8. The van der Waals surface area contributed by atoms with Crippen molar-refractivity contribution in [2.75, 3.05) is 20.1 Å². The van der Waals surface area contributed by atoms with E-state index in [0.29, 0.717) is 42.2 Å². The minimum Gasteiger partial charge on any atom is -0.439 e. The number of nitrogens with one attached hydrogen (secondary N) is 1. The smallest absolute Gasteiger partial charge is 0.219 e. The van der Waals surface area contributed by atoms with E-state index in [-0.39, 0.29) is 29.8 Å². The summed E-state index contributed by atoms with van der Waals surface area (Å²) in [6, 6.07) is 9.75. The Bertz CT molecular complexity index is 892. The fourth-order valence-electron chi connectivity index (χ4n) is 4.89. The van der Waals surface area contributed by atoms with Gasteiger partial charge in [0.1, 0.15) is 11.6 Å². The molecule has 30 heavy (non-hydrogen) atoms. The first-order chi connectivity index (χ1) is 14.2. The second-order valence-electron chi connectivity index (χ2n) is 7.98. The molecule has 6 nitrogen and oxygen atoms in total. The molecule has 0 radical (unpaired) electrons. The number of nitrogens with zero attached hydrogens (tertiary/aromatic N) is 3. The molecule has 1 aromatic carbocycles. The summed E-state index contributed by atoms with van der Waals surface area (Å²) in [5.41, 5.74) is 1.04. The lowest BCUT2D eigenvalue weighted by Gasteiger charge is -2.23. The molecule has 160 valence electrons. The summed E-state index contributed by atoms with van der Waals surface area (Å²) >= 11 is 0. The Morgan fingerprint density at radius 2 is 1.90 bits per heavy atom. The van der Waals surface area contributed by atoms with Crippen molar-refractivity contribution in [3.05, 3.63) is 54.0 Å². The van der Waals surface area contributed by atoms with E-state index >= 15 is 0 Å². The van der Waals surface area contributed by atoms with Gasteiger partial charge >= 0.3 is 0 Å². The lowest BCUT2D eigenvalue weighted by molar-refractivity contribution is 0.0767. The Kier molecular flexibility index (Phi) is 6.43. The van der Waals surface area contributed by atoms with Crippen LogP contribution in [0.3, 0.4) is 0 Å². The van der Waals surface area contributed by atoms with Crippen molar-refractivity contribution in [1.82, 2.24) is 15.2 Å². The van der Waals surface area contributed by atoms with Crippen LogP contribution in [-0.2, 0) is 11.3 Å². The van der Waals surface area contributed by atoms with Gasteiger partial charge in [0.05, 0.1) is 12.2 Å². The van der Waals surface area contributed by atoms with Crippen LogP contribution in [0.2, 0.25) is 0 Å². The van der Waals surface area contributed by atoms with Gasteiger partial charge in [-0.1, -0.05) is 0 Å². The van der Waals surface area contributed by atoms with Crippen molar-refractivity contribution in [2.45, 2.75) is 31.6 Å². The first kappa shape index (κ1) is 21.3. The molecule has 3 fully saturated rings. The fraction of sp³-hybridized carbons (Fsp3) is 0.455. The number of benzene rings is 1. The number of rotatable bonds is 4. The van der Waals surface area contributed by atoms with E-state index in [0.717, 1.165) is 24.6 Å². The predicted molar refractivity (Wildman–Crippen MR) is 123 cm³/mol. The van der Waals surface area contributed by atoms with Crippen LogP contribution in [0.4, 0.5) is 4.39 Å². The van der Waals surface area contributed by atoms with Crippen LogP contribution < -0.4 is 10.1 Å². The zero-order valence-electron chi connectivity index (χ0n) is 16.8. The van der Waals surface area contributed by atoms with Gasteiger partial charge in [0.25, 0.3) is 0 Å². The number of fused-ring (bicyclic) bond motifs is 5. The third kappa shape index (κ3) is 4.25. The van der Waals surface area contributed by atoms with E-state index in [1.165, 1.54) is 25.0 Å². The number of pyridine rings is 1. The van der Waals surface area contributed by atoms with Gasteiger partial charge in [-0.2, -0.15) is 0 Å². The largest absolute Gasteiger partial charge is 0.439 e. The summed E-state index contributed by atoms with van der Waals surface area (Å²) in [6.45, 7) is 2.66. The van der Waals surface area contributed by atoms with Gasteiger partial charge in [-0.05, 0) is 48.7 Å². The quantitative estimate of drug-likeness (QED) is 0.375. The standard InChI is InChI=1S/C22H25FN4O2.HI/c1-24-22(27-12-17-18(13-27)20-7-6-19(17)29-20)26-11-14-8-9-25-21(10-14)28-16-4-2-15(23)3-5-16;/h2-5,8-10,17-20H,6-7,11-13H2,1H3,(H,24,26);1H. The summed E-state index contributed by atoms with van der Waals surface area (Å²) in [5, 5.41) is 3.47. The number of likely N-dealkylation sites (tertiary alicyclic amines) is 1. The van der Waals surface area contributed by atoms with E-state index < -0.39 is 0 Å². The molecule has 1 aromatic heterocycles. The first-order valence-electron chi connectivity index (χ1n) is 10.2. The molecule has 4 unspecified atom stereocenters. The molecule has 2 aromatic rings. The maximum atomic E-state index is 13.0. The number of aromatic nitrogens is 1. The van der Waals surface area contributed by atoms with Gasteiger partial charge in [-0.3, -0.25) is 4.99 Å². The normalized spacial score (nSPS) is 27.0. The summed E-state index contributed by atoms with van der Waals surface area (Å²) < 4.78 is 24.8. The first-order valence-corrected chi connectivity index (χ1v) is 10.2. The molecular weight excluding hydrogens is 498 g/mol. The molecule has 0 saturated carbocycles. The Morgan fingerprint density at radius 3 is 2.57 bits per heavy atom. The summed E-state index contributed by atoms with van der Waals surface area (Å²) in [7, 11) is 1.83. The molecular formula is C22H26FIN4O2. The topological polar surface area (TPSA) is 59.0 Å². The highest BCUT2D eigenvalue weighted by Crippen LogP contribution is 2.47. The zero-order valence-corrected chi connectivity index (χ0v) is 19.2. The van der Waals surface area contributed by atoms with E-state index in [4.69, 9.17) is 9.47 Å². The van der Waals surface area contributed by atoms with Crippen molar-refractivity contribution < 1.29 is 13.9 Å². The van der Waals surface area contributed by atoms with Gasteiger partial charge in [-0.25, -0.2) is 9.37 Å². The summed E-state index contributed by atoms with van der Waals surface area (Å²) in [5.74, 6) is 2.96. The van der Waals surface area contributed by atoms with E-state index in [1.54, 1.807) is 18.3 Å². The van der Waals surface area contributed by atoms with Crippen LogP contribution in [0, 0.1) is 17.7 Å². The Hall–Kier alpha value is -1.94. The molecule has 1 N–H and O–H groups in total. The number of aliphatic imine (C=N–C) groups is 1. The van der Waals surface area contributed by atoms with Gasteiger partial charge in [-0.15, -0.1) is 24.0 Å². The van der Waals surface area contributed by atoms with Crippen LogP contribution in [0.5, 0.6) is 11.6 Å². The lowest BCUT2D eigenvalue weighted by Crippen LogP contribution is -2.41.